The SMILES string of the molecule is NCC(=O)N(CCCCCCCCCCCCCC(=O)O)CC(=O)O. The van der Waals surface area contributed by atoms with Crippen LogP contribution >= 0.6 is 0 Å². The Labute approximate surface area is 150 Å². The molecule has 0 aromatic heterocycles. The molecule has 1 amide bonds. The molecule has 0 spiro atoms. The van der Waals surface area contributed by atoms with E-state index >= 15 is 0 Å². The Balaban J connectivity index is 3.43. The molecule has 0 atom stereocenters. The van der Waals surface area contributed by atoms with Gasteiger partial charge >= 0.3 is 11.9 Å². The minimum atomic E-state index is -1.01. The maximum Gasteiger partial charge on any atom is 0.323 e. The Hall–Kier alpha value is -1.63. The predicted octanol–water partition coefficient (Wildman–Crippen LogP) is 2.62. The van der Waals surface area contributed by atoms with E-state index in [0.717, 1.165) is 44.9 Å². The minimum Gasteiger partial charge on any atom is -0.481 e. The average molecular weight is 358 g/mol. The van der Waals surface area contributed by atoms with Crippen molar-refractivity contribution in [2.75, 3.05) is 19.6 Å². The lowest BCUT2D eigenvalue weighted by Crippen LogP contribution is -2.40. The van der Waals surface area contributed by atoms with E-state index in [1.54, 1.807) is 0 Å². The number of amides is 1. The van der Waals surface area contributed by atoms with Crippen LogP contribution in [-0.2, 0) is 14.4 Å². The van der Waals surface area contributed by atoms with Crippen LogP contribution in [0.3, 0.4) is 0 Å². The van der Waals surface area contributed by atoms with Crippen LogP contribution < -0.4 is 5.73 Å². The van der Waals surface area contributed by atoms with E-state index in [-0.39, 0.29) is 25.4 Å². The van der Waals surface area contributed by atoms with E-state index in [1.807, 2.05) is 0 Å². The van der Waals surface area contributed by atoms with Gasteiger partial charge in [-0.3, -0.25) is 14.4 Å². The summed E-state index contributed by atoms with van der Waals surface area (Å²) in [6.45, 7) is 0.0325. The first-order chi connectivity index (χ1) is 12.0. The highest BCUT2D eigenvalue weighted by Crippen LogP contribution is 2.12. The first-order valence-electron chi connectivity index (χ1n) is 9.38. The second kappa shape index (κ2) is 15.9. The van der Waals surface area contributed by atoms with Gasteiger partial charge in [0.1, 0.15) is 6.54 Å². The lowest BCUT2D eigenvalue weighted by atomic mass is 10.1. The van der Waals surface area contributed by atoms with Crippen molar-refractivity contribution in [3.63, 3.8) is 0 Å². The quantitative estimate of drug-likeness (QED) is 0.344. The number of unbranched alkanes of at least 4 members (excludes halogenated alkanes) is 10. The van der Waals surface area contributed by atoms with Crippen molar-refractivity contribution in [1.82, 2.24) is 4.90 Å². The van der Waals surface area contributed by atoms with Crippen LogP contribution in [0.25, 0.3) is 0 Å². The van der Waals surface area contributed by atoms with Crippen molar-refractivity contribution < 1.29 is 24.6 Å². The predicted molar refractivity (Wildman–Crippen MR) is 96.3 cm³/mol. The zero-order valence-corrected chi connectivity index (χ0v) is 15.3. The molecule has 0 bridgehead atoms. The number of carbonyl (C=O) groups is 3. The number of carboxylic acids is 2. The number of hydrogen-bond acceptors (Lipinski definition) is 4. The van der Waals surface area contributed by atoms with Gasteiger partial charge in [-0.1, -0.05) is 57.8 Å². The topological polar surface area (TPSA) is 121 Å². The van der Waals surface area contributed by atoms with Crippen molar-refractivity contribution in [2.45, 2.75) is 77.0 Å². The number of carboxylic acid groups (broad SMARTS) is 2. The summed E-state index contributed by atoms with van der Waals surface area (Å²) in [6, 6.07) is 0. The highest BCUT2D eigenvalue weighted by atomic mass is 16.4. The van der Waals surface area contributed by atoms with E-state index in [2.05, 4.69) is 0 Å². The fourth-order valence-corrected chi connectivity index (χ4v) is 2.75. The number of nitrogens with zero attached hydrogens (tertiary/aromatic N) is 1. The van der Waals surface area contributed by atoms with Crippen LogP contribution in [0.2, 0.25) is 0 Å². The van der Waals surface area contributed by atoms with E-state index in [0.29, 0.717) is 6.54 Å². The van der Waals surface area contributed by atoms with E-state index in [1.165, 1.54) is 30.6 Å². The molecule has 0 aliphatic carbocycles. The van der Waals surface area contributed by atoms with Gasteiger partial charge in [0.25, 0.3) is 0 Å². The summed E-state index contributed by atoms with van der Waals surface area (Å²) in [5.41, 5.74) is 5.29. The van der Waals surface area contributed by atoms with Crippen LogP contribution in [0.15, 0.2) is 0 Å². The Morgan fingerprint density at radius 2 is 1.12 bits per heavy atom. The summed E-state index contributed by atoms with van der Waals surface area (Å²) < 4.78 is 0. The Morgan fingerprint density at radius 3 is 1.52 bits per heavy atom. The fraction of sp³-hybridized carbons (Fsp3) is 0.833. The first kappa shape index (κ1) is 23.4. The summed E-state index contributed by atoms with van der Waals surface area (Å²) in [5, 5.41) is 17.3. The molecule has 0 aliphatic rings. The third-order valence-electron chi connectivity index (χ3n) is 4.17. The third-order valence-corrected chi connectivity index (χ3v) is 4.17. The molecule has 7 heteroatoms. The van der Waals surface area contributed by atoms with Crippen LogP contribution in [0.1, 0.15) is 77.0 Å². The van der Waals surface area contributed by atoms with Gasteiger partial charge in [0, 0.05) is 13.0 Å². The molecule has 25 heavy (non-hydrogen) atoms. The van der Waals surface area contributed by atoms with Crippen molar-refractivity contribution in [2.24, 2.45) is 5.73 Å². The molecular formula is C18H34N2O5. The zero-order chi connectivity index (χ0) is 18.9. The minimum absolute atomic E-state index is 0.149. The van der Waals surface area contributed by atoms with Gasteiger partial charge in [0.15, 0.2) is 0 Å². The molecular weight excluding hydrogens is 324 g/mol. The molecule has 0 unspecified atom stereocenters. The van der Waals surface area contributed by atoms with Gasteiger partial charge in [-0.05, 0) is 12.8 Å². The first-order valence-corrected chi connectivity index (χ1v) is 9.38. The molecule has 0 saturated heterocycles. The van der Waals surface area contributed by atoms with Crippen LogP contribution in [0, 0.1) is 0 Å². The molecule has 0 heterocycles. The molecule has 0 aromatic carbocycles. The number of aliphatic carboxylic acids is 2. The number of carbonyl (C=O) groups excluding carboxylic acids is 1. The molecule has 0 rings (SSSR count). The summed E-state index contributed by atoms with van der Waals surface area (Å²) in [7, 11) is 0. The third kappa shape index (κ3) is 15.6. The Kier molecular flexibility index (Phi) is 14.8. The normalized spacial score (nSPS) is 10.6. The number of nitrogens with two attached hydrogens (primary N) is 1. The second-order valence-electron chi connectivity index (χ2n) is 6.45. The lowest BCUT2D eigenvalue weighted by Gasteiger charge is -2.19. The van der Waals surface area contributed by atoms with Gasteiger partial charge in [0.05, 0.1) is 6.54 Å². The summed E-state index contributed by atoms with van der Waals surface area (Å²) >= 11 is 0. The van der Waals surface area contributed by atoms with Gasteiger partial charge in [-0.25, -0.2) is 0 Å². The molecule has 0 aliphatic heterocycles. The van der Waals surface area contributed by atoms with Crippen molar-refractivity contribution in [3.8, 4) is 0 Å². The van der Waals surface area contributed by atoms with E-state index in [4.69, 9.17) is 15.9 Å². The molecule has 146 valence electrons. The van der Waals surface area contributed by atoms with Crippen molar-refractivity contribution in [3.05, 3.63) is 0 Å². The largest absolute Gasteiger partial charge is 0.481 e. The highest BCUT2D eigenvalue weighted by Gasteiger charge is 2.14. The van der Waals surface area contributed by atoms with E-state index < -0.39 is 11.9 Å². The van der Waals surface area contributed by atoms with Crippen molar-refractivity contribution >= 4 is 17.8 Å². The summed E-state index contributed by atoms with van der Waals surface area (Å²) in [6.07, 6.45) is 12.0. The molecule has 0 radical (unpaired) electrons. The summed E-state index contributed by atoms with van der Waals surface area (Å²) in [5.74, 6) is -2.03. The Morgan fingerprint density at radius 1 is 0.680 bits per heavy atom. The highest BCUT2D eigenvalue weighted by molar-refractivity contribution is 5.82. The molecule has 7 nitrogen and oxygen atoms in total. The van der Waals surface area contributed by atoms with Gasteiger partial charge in [-0.15, -0.1) is 0 Å². The van der Waals surface area contributed by atoms with Gasteiger partial charge in [-0.2, -0.15) is 0 Å². The maximum atomic E-state index is 11.5. The standard InChI is InChI=1S/C18H34N2O5/c19-14-16(21)20(15-18(24)25)13-11-9-7-5-3-1-2-4-6-8-10-12-17(22)23/h1-15,19H2,(H,22,23)(H,24,25). The number of hydrogen-bond donors (Lipinski definition) is 3. The van der Waals surface area contributed by atoms with Crippen LogP contribution in [0.4, 0.5) is 0 Å². The average Bonchev–Trinajstić information content (AvgIpc) is 2.56. The molecule has 0 fully saturated rings. The van der Waals surface area contributed by atoms with E-state index in [9.17, 15) is 14.4 Å². The van der Waals surface area contributed by atoms with Gasteiger partial charge in [0.2, 0.25) is 5.91 Å². The molecule has 0 saturated carbocycles. The molecule has 4 N–H and O–H groups in total. The lowest BCUT2D eigenvalue weighted by molar-refractivity contribution is -0.143. The van der Waals surface area contributed by atoms with Crippen molar-refractivity contribution in [1.29, 1.82) is 0 Å². The maximum absolute atomic E-state index is 11.5. The van der Waals surface area contributed by atoms with Gasteiger partial charge < -0.3 is 20.8 Å². The van der Waals surface area contributed by atoms with Crippen LogP contribution in [-0.4, -0.2) is 52.6 Å². The van der Waals surface area contributed by atoms with Crippen LogP contribution in [0.5, 0.6) is 0 Å². The monoisotopic (exact) mass is 358 g/mol. The zero-order valence-electron chi connectivity index (χ0n) is 15.3. The fourth-order valence-electron chi connectivity index (χ4n) is 2.75. The Bertz CT molecular complexity index is 388. The smallest absolute Gasteiger partial charge is 0.323 e. The molecule has 0 aromatic rings. The summed E-state index contributed by atoms with van der Waals surface area (Å²) in [4.78, 5) is 33.9. The number of rotatable bonds is 17. The second-order valence-corrected chi connectivity index (χ2v) is 6.45.